The highest BCUT2D eigenvalue weighted by molar-refractivity contribution is 5.67. The van der Waals surface area contributed by atoms with Crippen molar-refractivity contribution in [3.8, 4) is 17.3 Å². The summed E-state index contributed by atoms with van der Waals surface area (Å²) in [5.74, 6) is 0.951. The van der Waals surface area contributed by atoms with Gasteiger partial charge in [0.1, 0.15) is 18.1 Å². The molecule has 10 heteroatoms. The summed E-state index contributed by atoms with van der Waals surface area (Å²) in [4.78, 5) is 24.7. The van der Waals surface area contributed by atoms with Crippen molar-refractivity contribution >= 4 is 17.5 Å². The van der Waals surface area contributed by atoms with Crippen molar-refractivity contribution in [1.29, 1.82) is 5.26 Å². The number of alkyl halides is 1. The first-order valence-electron chi connectivity index (χ1n) is 12.4. The molecule has 0 aliphatic carbocycles. The van der Waals surface area contributed by atoms with E-state index in [0.29, 0.717) is 41.6 Å². The van der Waals surface area contributed by atoms with Crippen LogP contribution in [0, 0.1) is 11.3 Å². The molecule has 2 fully saturated rings. The van der Waals surface area contributed by atoms with Crippen molar-refractivity contribution in [2.24, 2.45) is 0 Å². The van der Waals surface area contributed by atoms with E-state index in [2.05, 4.69) is 48.0 Å². The molecule has 2 saturated heterocycles. The van der Waals surface area contributed by atoms with Gasteiger partial charge >= 0.3 is 0 Å². The zero-order valence-corrected chi connectivity index (χ0v) is 20.4. The Morgan fingerprint density at radius 2 is 1.89 bits per heavy atom. The van der Waals surface area contributed by atoms with Gasteiger partial charge in [0.25, 0.3) is 0 Å². The number of likely N-dealkylation sites (N-methyl/N-ethyl adjacent to an activating group) is 1. The van der Waals surface area contributed by atoms with Crippen molar-refractivity contribution in [3.63, 3.8) is 0 Å². The fourth-order valence-electron chi connectivity index (χ4n) is 4.64. The van der Waals surface area contributed by atoms with Gasteiger partial charge in [-0.3, -0.25) is 9.88 Å². The molecule has 1 atom stereocenters. The molecule has 0 bridgehead atoms. The molecule has 9 nitrogen and oxygen atoms in total. The average Bonchev–Trinajstić information content (AvgIpc) is 3.36. The number of aromatic nitrogens is 4. The second-order valence-corrected chi connectivity index (χ2v) is 9.18. The number of nitriles is 1. The monoisotopic (exact) mass is 487 g/mol. The predicted molar refractivity (Wildman–Crippen MR) is 137 cm³/mol. The van der Waals surface area contributed by atoms with Gasteiger partial charge < -0.3 is 15.1 Å². The maximum atomic E-state index is 13.6. The van der Waals surface area contributed by atoms with E-state index in [1.165, 1.54) is 0 Å². The zero-order valence-electron chi connectivity index (χ0n) is 20.4. The Labute approximate surface area is 210 Å². The van der Waals surface area contributed by atoms with E-state index >= 15 is 0 Å². The Hall–Kier alpha value is -3.68. The molecule has 3 aromatic rings. The lowest BCUT2D eigenvalue weighted by Gasteiger charge is -2.33. The Morgan fingerprint density at radius 3 is 2.58 bits per heavy atom. The molecular formula is C26H30FN9. The Balaban J connectivity index is 1.24. The normalized spacial score (nSPS) is 18.8. The van der Waals surface area contributed by atoms with Crippen LogP contribution in [-0.4, -0.2) is 81.7 Å². The summed E-state index contributed by atoms with van der Waals surface area (Å²) < 4.78 is 13.6. The highest BCUT2D eigenvalue weighted by atomic mass is 19.1. The maximum Gasteiger partial charge on any atom is 0.227 e. The van der Waals surface area contributed by atoms with Gasteiger partial charge in [-0.25, -0.2) is 19.3 Å². The number of nitrogens with one attached hydrogen (secondary N) is 1. The van der Waals surface area contributed by atoms with Gasteiger partial charge in [0.15, 0.2) is 0 Å². The van der Waals surface area contributed by atoms with E-state index < -0.39 is 6.17 Å². The molecule has 0 spiro atoms. The molecule has 0 amide bonds. The summed E-state index contributed by atoms with van der Waals surface area (Å²) in [6.45, 7) is 9.33. The number of hydrogen-bond donors (Lipinski definition) is 1. The Morgan fingerprint density at radius 1 is 1.06 bits per heavy atom. The van der Waals surface area contributed by atoms with E-state index in [4.69, 9.17) is 0 Å². The highest BCUT2D eigenvalue weighted by Crippen LogP contribution is 2.27. The van der Waals surface area contributed by atoms with Crippen molar-refractivity contribution in [2.75, 3.05) is 56.0 Å². The molecule has 2 aliphatic rings. The van der Waals surface area contributed by atoms with Crippen LogP contribution in [0.5, 0.6) is 0 Å². The van der Waals surface area contributed by atoms with Crippen LogP contribution < -0.4 is 10.2 Å². The van der Waals surface area contributed by atoms with Crippen LogP contribution >= 0.6 is 0 Å². The largest absolute Gasteiger partial charge is 0.352 e. The Kier molecular flexibility index (Phi) is 7.30. The van der Waals surface area contributed by atoms with Crippen LogP contribution in [0.25, 0.3) is 11.3 Å². The van der Waals surface area contributed by atoms with Crippen LogP contribution in [0.1, 0.15) is 24.6 Å². The number of anilines is 3. The van der Waals surface area contributed by atoms with E-state index in [0.717, 1.165) is 50.6 Å². The van der Waals surface area contributed by atoms with Crippen molar-refractivity contribution in [2.45, 2.75) is 26.1 Å². The minimum absolute atomic E-state index is 0.269. The lowest BCUT2D eigenvalue weighted by atomic mass is 10.1. The molecule has 1 N–H and O–H groups in total. The third-order valence-electron chi connectivity index (χ3n) is 6.75. The first kappa shape index (κ1) is 24.0. The van der Waals surface area contributed by atoms with Gasteiger partial charge in [-0.1, -0.05) is 6.92 Å². The fraction of sp³-hybridized carbons (Fsp3) is 0.423. The minimum atomic E-state index is -0.881. The van der Waals surface area contributed by atoms with Gasteiger partial charge in [-0.15, -0.1) is 0 Å². The standard InChI is InChI=1S/C26H30FN9/c1-2-34-9-11-35(12-10-34)18-23-4-3-22(16-30-23)32-26-29-7-5-24(33-26)20-13-19(14-28)25(31-15-20)36-8-6-21(27)17-36/h3-5,7,13,15-16,21H,2,6,8-12,17-18H2,1H3,(H,29,32,33)/t21-/m0/s1. The average molecular weight is 488 g/mol. The summed E-state index contributed by atoms with van der Waals surface area (Å²) in [5.41, 5.74) is 3.59. The van der Waals surface area contributed by atoms with Crippen LogP contribution in [0.3, 0.4) is 0 Å². The summed E-state index contributed by atoms with van der Waals surface area (Å²) in [6, 6.07) is 9.73. The molecule has 5 rings (SSSR count). The van der Waals surface area contributed by atoms with Crippen LogP contribution in [-0.2, 0) is 6.54 Å². The van der Waals surface area contributed by atoms with Crippen LogP contribution in [0.2, 0.25) is 0 Å². The van der Waals surface area contributed by atoms with Crippen LogP contribution in [0.4, 0.5) is 21.8 Å². The third-order valence-corrected chi connectivity index (χ3v) is 6.75. The molecule has 0 radical (unpaired) electrons. The lowest BCUT2D eigenvalue weighted by molar-refractivity contribution is 0.131. The number of hydrogen-bond acceptors (Lipinski definition) is 9. The highest BCUT2D eigenvalue weighted by Gasteiger charge is 2.25. The van der Waals surface area contributed by atoms with E-state index in [9.17, 15) is 9.65 Å². The molecule has 36 heavy (non-hydrogen) atoms. The van der Waals surface area contributed by atoms with Gasteiger partial charge in [0.05, 0.1) is 35.4 Å². The molecule has 0 saturated carbocycles. The summed E-state index contributed by atoms with van der Waals surface area (Å²) in [5, 5.41) is 12.9. The number of rotatable bonds is 7. The molecular weight excluding hydrogens is 457 g/mol. The predicted octanol–water partition coefficient (Wildman–Crippen LogP) is 3.23. The molecule has 186 valence electrons. The first-order chi connectivity index (χ1) is 17.6. The quantitative estimate of drug-likeness (QED) is 0.539. The second-order valence-electron chi connectivity index (χ2n) is 9.18. The molecule has 0 unspecified atom stereocenters. The summed E-state index contributed by atoms with van der Waals surface area (Å²) in [6.07, 6.45) is 4.71. The summed E-state index contributed by atoms with van der Waals surface area (Å²) >= 11 is 0. The number of piperazine rings is 1. The number of nitrogens with zero attached hydrogens (tertiary/aromatic N) is 8. The molecule has 3 aromatic heterocycles. The molecule has 0 aromatic carbocycles. The number of halogens is 1. The second kappa shape index (κ2) is 10.9. The van der Waals surface area contributed by atoms with Gasteiger partial charge in [0, 0.05) is 57.2 Å². The van der Waals surface area contributed by atoms with Crippen LogP contribution in [0.15, 0.2) is 42.9 Å². The van der Waals surface area contributed by atoms with Crippen molar-refractivity contribution in [3.05, 3.63) is 54.1 Å². The van der Waals surface area contributed by atoms with Crippen molar-refractivity contribution < 1.29 is 4.39 Å². The SMILES string of the molecule is CCN1CCN(Cc2ccc(Nc3nccc(-c4cnc(N5CC[C@H](F)C5)c(C#N)c4)n3)cn2)CC1. The van der Waals surface area contributed by atoms with E-state index in [1.807, 2.05) is 17.0 Å². The number of pyridine rings is 2. The minimum Gasteiger partial charge on any atom is -0.352 e. The smallest absolute Gasteiger partial charge is 0.227 e. The summed E-state index contributed by atoms with van der Waals surface area (Å²) in [7, 11) is 0. The Bertz CT molecular complexity index is 1220. The third kappa shape index (κ3) is 5.58. The van der Waals surface area contributed by atoms with Gasteiger partial charge in [0.2, 0.25) is 5.95 Å². The van der Waals surface area contributed by atoms with Crippen molar-refractivity contribution in [1.82, 2.24) is 29.7 Å². The zero-order chi connectivity index (χ0) is 24.9. The van der Waals surface area contributed by atoms with Gasteiger partial charge in [-0.05, 0) is 37.2 Å². The molecule has 2 aliphatic heterocycles. The topological polar surface area (TPSA) is 97.1 Å². The van der Waals surface area contributed by atoms with E-state index in [-0.39, 0.29) is 6.54 Å². The fourth-order valence-corrected chi connectivity index (χ4v) is 4.64. The first-order valence-corrected chi connectivity index (χ1v) is 12.4. The van der Waals surface area contributed by atoms with Gasteiger partial charge in [-0.2, -0.15) is 5.26 Å². The maximum absolute atomic E-state index is 13.6. The lowest BCUT2D eigenvalue weighted by Crippen LogP contribution is -2.45. The van der Waals surface area contributed by atoms with E-state index in [1.54, 1.807) is 30.7 Å². The molecule has 5 heterocycles.